The summed E-state index contributed by atoms with van der Waals surface area (Å²) in [5.74, 6) is 0. The van der Waals surface area contributed by atoms with Crippen LogP contribution in [0.3, 0.4) is 0 Å². The first kappa shape index (κ1) is 14.5. The van der Waals surface area contributed by atoms with Crippen molar-refractivity contribution in [1.29, 1.82) is 0 Å². The minimum Gasteiger partial charge on any atom is -0.379 e. The third-order valence-electron chi connectivity index (χ3n) is 3.14. The van der Waals surface area contributed by atoms with E-state index in [0.717, 1.165) is 39.4 Å². The van der Waals surface area contributed by atoms with E-state index in [0.29, 0.717) is 0 Å². The zero-order valence-corrected chi connectivity index (χ0v) is 13.3. The number of morpholine rings is 1. The minimum absolute atomic E-state index is 0.899. The summed E-state index contributed by atoms with van der Waals surface area (Å²) in [7, 11) is 0. The van der Waals surface area contributed by atoms with E-state index in [9.17, 15) is 0 Å². The average Bonchev–Trinajstić information content (AvgIpc) is 2.70. The molecule has 5 heteroatoms. The van der Waals surface area contributed by atoms with Gasteiger partial charge in [-0.2, -0.15) is 0 Å². The number of nitrogens with zero attached hydrogens (tertiary/aromatic N) is 1. The molecule has 2 rings (SSSR count). The SMILES string of the molecule is Cc1cc(CNCCCN2CCOCC2)sc1Br. The van der Waals surface area contributed by atoms with Crippen molar-refractivity contribution in [2.24, 2.45) is 0 Å². The van der Waals surface area contributed by atoms with Crippen LogP contribution in [0.1, 0.15) is 16.9 Å². The highest BCUT2D eigenvalue weighted by molar-refractivity contribution is 9.11. The van der Waals surface area contributed by atoms with E-state index in [1.807, 2.05) is 11.3 Å². The highest BCUT2D eigenvalue weighted by atomic mass is 79.9. The second-order valence-electron chi connectivity index (χ2n) is 4.65. The summed E-state index contributed by atoms with van der Waals surface area (Å²) in [6.07, 6.45) is 1.21. The van der Waals surface area contributed by atoms with Gasteiger partial charge in [-0.3, -0.25) is 4.90 Å². The third-order valence-corrected chi connectivity index (χ3v) is 5.28. The van der Waals surface area contributed by atoms with Crippen molar-refractivity contribution in [1.82, 2.24) is 10.2 Å². The molecule has 0 radical (unpaired) electrons. The Morgan fingerprint density at radius 2 is 2.22 bits per heavy atom. The van der Waals surface area contributed by atoms with Gasteiger partial charge in [0.25, 0.3) is 0 Å². The van der Waals surface area contributed by atoms with E-state index >= 15 is 0 Å². The molecule has 0 saturated carbocycles. The average molecular weight is 333 g/mol. The van der Waals surface area contributed by atoms with Gasteiger partial charge in [0.1, 0.15) is 0 Å². The zero-order valence-electron chi connectivity index (χ0n) is 10.9. The number of thiophene rings is 1. The van der Waals surface area contributed by atoms with Crippen molar-refractivity contribution in [2.75, 3.05) is 39.4 Å². The molecular weight excluding hydrogens is 312 g/mol. The van der Waals surface area contributed by atoms with Gasteiger partial charge < -0.3 is 10.1 Å². The molecule has 0 spiro atoms. The molecule has 3 nitrogen and oxygen atoms in total. The van der Waals surface area contributed by atoms with Crippen LogP contribution in [0.15, 0.2) is 9.85 Å². The summed E-state index contributed by atoms with van der Waals surface area (Å²) >= 11 is 5.39. The molecule has 0 bridgehead atoms. The fourth-order valence-electron chi connectivity index (χ4n) is 2.07. The smallest absolute Gasteiger partial charge is 0.0730 e. The minimum atomic E-state index is 0.899. The number of hydrogen-bond donors (Lipinski definition) is 1. The number of ether oxygens (including phenoxy) is 1. The molecule has 1 aromatic rings. The maximum Gasteiger partial charge on any atom is 0.0730 e. The lowest BCUT2D eigenvalue weighted by Crippen LogP contribution is -2.37. The third kappa shape index (κ3) is 4.63. The fraction of sp³-hybridized carbons (Fsp3) is 0.692. The van der Waals surface area contributed by atoms with E-state index in [1.165, 1.54) is 27.2 Å². The van der Waals surface area contributed by atoms with Crippen LogP contribution in [0.5, 0.6) is 0 Å². The van der Waals surface area contributed by atoms with Crippen LogP contribution in [0.25, 0.3) is 0 Å². The molecule has 0 aromatic carbocycles. The maximum atomic E-state index is 5.34. The second kappa shape index (κ2) is 7.60. The Labute approximate surface area is 122 Å². The molecule has 0 unspecified atom stereocenters. The predicted octanol–water partition coefficient (Wildman–Crippen LogP) is 2.63. The normalized spacial score (nSPS) is 17.2. The summed E-state index contributed by atoms with van der Waals surface area (Å²) < 4.78 is 6.60. The van der Waals surface area contributed by atoms with Gasteiger partial charge in [-0.15, -0.1) is 11.3 Å². The highest BCUT2D eigenvalue weighted by Gasteiger charge is 2.09. The molecular formula is C13H21BrN2OS. The monoisotopic (exact) mass is 332 g/mol. The van der Waals surface area contributed by atoms with Gasteiger partial charge >= 0.3 is 0 Å². The molecule has 0 amide bonds. The van der Waals surface area contributed by atoms with E-state index in [1.54, 1.807) is 0 Å². The van der Waals surface area contributed by atoms with Crippen molar-refractivity contribution in [3.05, 3.63) is 20.3 Å². The summed E-state index contributed by atoms with van der Waals surface area (Å²) in [6, 6.07) is 2.25. The topological polar surface area (TPSA) is 24.5 Å². The van der Waals surface area contributed by atoms with Crippen molar-refractivity contribution >= 4 is 27.3 Å². The molecule has 1 aliphatic heterocycles. The molecule has 1 fully saturated rings. The van der Waals surface area contributed by atoms with Crippen molar-refractivity contribution in [3.8, 4) is 0 Å². The number of hydrogen-bond acceptors (Lipinski definition) is 4. The standard InChI is InChI=1S/C13H21BrN2OS/c1-11-9-12(18-13(11)14)10-15-3-2-4-16-5-7-17-8-6-16/h9,15H,2-8,10H2,1H3. The first-order chi connectivity index (χ1) is 8.75. The van der Waals surface area contributed by atoms with Crippen LogP contribution < -0.4 is 5.32 Å². The van der Waals surface area contributed by atoms with Crippen LogP contribution in [-0.4, -0.2) is 44.3 Å². The van der Waals surface area contributed by atoms with Gasteiger partial charge in [-0.25, -0.2) is 0 Å². The van der Waals surface area contributed by atoms with Crippen molar-refractivity contribution in [2.45, 2.75) is 19.9 Å². The molecule has 1 N–H and O–H groups in total. The second-order valence-corrected chi connectivity index (χ2v) is 7.11. The Morgan fingerprint density at radius 1 is 1.44 bits per heavy atom. The van der Waals surface area contributed by atoms with Gasteiger partial charge in [-0.1, -0.05) is 0 Å². The Kier molecular flexibility index (Phi) is 6.11. The highest BCUT2D eigenvalue weighted by Crippen LogP contribution is 2.26. The molecule has 0 atom stereocenters. The van der Waals surface area contributed by atoms with E-state index in [2.05, 4.69) is 39.1 Å². The Bertz CT molecular complexity index is 344. The number of aryl methyl sites for hydroxylation is 1. The summed E-state index contributed by atoms with van der Waals surface area (Å²) in [5, 5.41) is 3.51. The first-order valence-corrected chi connectivity index (χ1v) is 8.12. The lowest BCUT2D eigenvalue weighted by molar-refractivity contribution is 0.0374. The number of nitrogens with one attached hydrogen (secondary N) is 1. The number of halogens is 1. The molecule has 1 aromatic heterocycles. The summed E-state index contributed by atoms with van der Waals surface area (Å²) in [5.41, 5.74) is 1.34. The maximum absolute atomic E-state index is 5.34. The molecule has 1 aliphatic rings. The van der Waals surface area contributed by atoms with Crippen LogP contribution in [0.4, 0.5) is 0 Å². The van der Waals surface area contributed by atoms with Gasteiger partial charge in [0, 0.05) is 24.5 Å². The predicted molar refractivity (Wildman–Crippen MR) is 80.3 cm³/mol. The lowest BCUT2D eigenvalue weighted by Gasteiger charge is -2.26. The van der Waals surface area contributed by atoms with Gasteiger partial charge in [-0.05, 0) is 54.0 Å². The van der Waals surface area contributed by atoms with Gasteiger partial charge in [0.05, 0.1) is 17.0 Å². The van der Waals surface area contributed by atoms with E-state index in [-0.39, 0.29) is 0 Å². The number of rotatable bonds is 6. The van der Waals surface area contributed by atoms with Crippen molar-refractivity contribution in [3.63, 3.8) is 0 Å². The van der Waals surface area contributed by atoms with E-state index in [4.69, 9.17) is 4.74 Å². The Morgan fingerprint density at radius 3 is 2.89 bits per heavy atom. The summed E-state index contributed by atoms with van der Waals surface area (Å²) in [6.45, 7) is 9.39. The molecule has 18 heavy (non-hydrogen) atoms. The molecule has 2 heterocycles. The lowest BCUT2D eigenvalue weighted by atomic mass is 10.3. The molecule has 1 saturated heterocycles. The van der Waals surface area contributed by atoms with E-state index < -0.39 is 0 Å². The fourth-order valence-corrected chi connectivity index (χ4v) is 3.67. The van der Waals surface area contributed by atoms with Crippen LogP contribution in [0, 0.1) is 6.92 Å². The molecule has 0 aliphatic carbocycles. The van der Waals surface area contributed by atoms with Gasteiger partial charge in [0.2, 0.25) is 0 Å². The van der Waals surface area contributed by atoms with Gasteiger partial charge in [0.15, 0.2) is 0 Å². The zero-order chi connectivity index (χ0) is 12.8. The van der Waals surface area contributed by atoms with Crippen molar-refractivity contribution < 1.29 is 4.74 Å². The Hall–Kier alpha value is 0.0600. The first-order valence-electron chi connectivity index (χ1n) is 6.51. The Balaban J connectivity index is 1.55. The van der Waals surface area contributed by atoms with Crippen LogP contribution in [-0.2, 0) is 11.3 Å². The van der Waals surface area contributed by atoms with Crippen LogP contribution in [0.2, 0.25) is 0 Å². The molecule has 102 valence electrons. The van der Waals surface area contributed by atoms with Crippen LogP contribution >= 0.6 is 27.3 Å². The summed E-state index contributed by atoms with van der Waals surface area (Å²) in [4.78, 5) is 3.89. The largest absolute Gasteiger partial charge is 0.379 e. The quantitative estimate of drug-likeness (QED) is 0.810.